The highest BCUT2D eigenvalue weighted by Gasteiger charge is 2.23. The van der Waals surface area contributed by atoms with E-state index in [1.165, 1.54) is 31.6 Å². The summed E-state index contributed by atoms with van der Waals surface area (Å²) >= 11 is 1.72. The maximum absolute atomic E-state index is 12.4. The van der Waals surface area contributed by atoms with Crippen molar-refractivity contribution in [1.29, 1.82) is 0 Å². The summed E-state index contributed by atoms with van der Waals surface area (Å²) < 4.78 is 5.58. The SMILES string of the molecule is O=C(COc1ccccc1)N1CCN(c2nc(CN3CCCC3)cs2)CC1. The van der Waals surface area contributed by atoms with Crippen LogP contribution in [0.5, 0.6) is 5.75 Å². The lowest BCUT2D eigenvalue weighted by molar-refractivity contribution is -0.133. The minimum atomic E-state index is 0.0485. The summed E-state index contributed by atoms with van der Waals surface area (Å²) in [6.45, 7) is 6.54. The fourth-order valence-corrected chi connectivity index (χ4v) is 4.45. The zero-order valence-corrected chi connectivity index (χ0v) is 16.4. The van der Waals surface area contributed by atoms with Crippen LogP contribution in [0.3, 0.4) is 0 Å². The molecule has 0 aliphatic carbocycles. The number of carbonyl (C=O) groups excluding carboxylic acids is 1. The van der Waals surface area contributed by atoms with Crippen molar-refractivity contribution in [3.8, 4) is 5.75 Å². The van der Waals surface area contributed by atoms with Crippen molar-refractivity contribution < 1.29 is 9.53 Å². The van der Waals surface area contributed by atoms with Crippen LogP contribution in [0, 0.1) is 0 Å². The lowest BCUT2D eigenvalue weighted by Gasteiger charge is -2.34. The molecule has 0 saturated carbocycles. The first-order valence-electron chi connectivity index (χ1n) is 9.65. The molecule has 27 heavy (non-hydrogen) atoms. The topological polar surface area (TPSA) is 48.9 Å². The summed E-state index contributed by atoms with van der Waals surface area (Å²) in [5.74, 6) is 0.783. The van der Waals surface area contributed by atoms with Crippen LogP contribution in [0.1, 0.15) is 18.5 Å². The maximum Gasteiger partial charge on any atom is 0.260 e. The summed E-state index contributed by atoms with van der Waals surface area (Å²) in [6, 6.07) is 9.49. The van der Waals surface area contributed by atoms with E-state index in [0.29, 0.717) is 0 Å². The smallest absolute Gasteiger partial charge is 0.260 e. The lowest BCUT2D eigenvalue weighted by Crippen LogP contribution is -2.50. The summed E-state index contributed by atoms with van der Waals surface area (Å²) in [5, 5.41) is 3.26. The molecule has 4 rings (SSSR count). The van der Waals surface area contributed by atoms with Crippen LogP contribution in [-0.2, 0) is 11.3 Å². The Hall–Kier alpha value is -2.12. The Kier molecular flexibility index (Phi) is 5.89. The third-order valence-electron chi connectivity index (χ3n) is 5.13. The molecule has 0 unspecified atom stereocenters. The zero-order valence-electron chi connectivity index (χ0n) is 15.5. The molecule has 0 radical (unpaired) electrons. The van der Waals surface area contributed by atoms with E-state index in [0.717, 1.165) is 43.6 Å². The number of hydrogen-bond acceptors (Lipinski definition) is 6. The van der Waals surface area contributed by atoms with Crippen molar-refractivity contribution >= 4 is 22.4 Å². The number of carbonyl (C=O) groups is 1. The van der Waals surface area contributed by atoms with Gasteiger partial charge in [-0.3, -0.25) is 9.69 Å². The Bertz CT molecular complexity index is 737. The lowest BCUT2D eigenvalue weighted by atomic mass is 10.3. The van der Waals surface area contributed by atoms with Gasteiger partial charge in [0.05, 0.1) is 5.69 Å². The quantitative estimate of drug-likeness (QED) is 0.763. The first kappa shape index (κ1) is 18.3. The first-order chi connectivity index (χ1) is 13.3. The Labute approximate surface area is 164 Å². The first-order valence-corrected chi connectivity index (χ1v) is 10.5. The van der Waals surface area contributed by atoms with Gasteiger partial charge in [0, 0.05) is 38.1 Å². The van der Waals surface area contributed by atoms with Crippen molar-refractivity contribution in [2.45, 2.75) is 19.4 Å². The van der Waals surface area contributed by atoms with Crippen molar-refractivity contribution in [2.75, 3.05) is 50.8 Å². The number of anilines is 1. The van der Waals surface area contributed by atoms with E-state index in [9.17, 15) is 4.79 Å². The van der Waals surface area contributed by atoms with Crippen molar-refractivity contribution in [1.82, 2.24) is 14.8 Å². The van der Waals surface area contributed by atoms with E-state index in [1.807, 2.05) is 35.2 Å². The van der Waals surface area contributed by atoms with Crippen molar-refractivity contribution in [3.63, 3.8) is 0 Å². The summed E-state index contributed by atoms with van der Waals surface area (Å²) in [6.07, 6.45) is 2.61. The monoisotopic (exact) mass is 386 g/mol. The average Bonchev–Trinajstić information content (AvgIpc) is 3.40. The standard InChI is InChI=1S/C20H26N4O2S/c25-19(15-26-18-6-2-1-3-7-18)23-10-12-24(13-11-23)20-21-17(16-27-20)14-22-8-4-5-9-22/h1-3,6-7,16H,4-5,8-15H2. The van der Waals surface area contributed by atoms with E-state index in [1.54, 1.807) is 11.3 Å². The van der Waals surface area contributed by atoms with Gasteiger partial charge in [-0.2, -0.15) is 0 Å². The van der Waals surface area contributed by atoms with Crippen LogP contribution in [0.25, 0.3) is 0 Å². The molecule has 6 nitrogen and oxygen atoms in total. The molecule has 0 N–H and O–H groups in total. The van der Waals surface area contributed by atoms with Crippen LogP contribution in [0.4, 0.5) is 5.13 Å². The highest BCUT2D eigenvalue weighted by molar-refractivity contribution is 7.13. The van der Waals surface area contributed by atoms with Gasteiger partial charge < -0.3 is 14.5 Å². The Balaban J connectivity index is 1.23. The van der Waals surface area contributed by atoms with Gasteiger partial charge in [-0.05, 0) is 38.1 Å². The number of aromatic nitrogens is 1. The van der Waals surface area contributed by atoms with Gasteiger partial charge in [0.15, 0.2) is 11.7 Å². The second-order valence-corrected chi connectivity index (χ2v) is 7.91. The molecule has 2 fully saturated rings. The van der Waals surface area contributed by atoms with E-state index >= 15 is 0 Å². The molecular formula is C20H26N4O2S. The number of benzene rings is 1. The molecule has 144 valence electrons. The average molecular weight is 387 g/mol. The molecule has 2 saturated heterocycles. The molecule has 2 aliphatic rings. The van der Waals surface area contributed by atoms with Crippen LogP contribution < -0.4 is 9.64 Å². The van der Waals surface area contributed by atoms with Gasteiger partial charge in [0.25, 0.3) is 5.91 Å². The molecule has 0 atom stereocenters. The molecule has 0 bridgehead atoms. The molecule has 2 aliphatic heterocycles. The maximum atomic E-state index is 12.4. The van der Waals surface area contributed by atoms with Gasteiger partial charge in [0.1, 0.15) is 5.75 Å². The van der Waals surface area contributed by atoms with Crippen molar-refractivity contribution in [3.05, 3.63) is 41.4 Å². The third-order valence-corrected chi connectivity index (χ3v) is 6.08. The van der Waals surface area contributed by atoms with Gasteiger partial charge in [-0.1, -0.05) is 18.2 Å². The molecule has 1 aromatic carbocycles. The fourth-order valence-electron chi connectivity index (χ4n) is 3.58. The predicted octanol–water partition coefficient (Wildman–Crippen LogP) is 2.47. The highest BCUT2D eigenvalue weighted by atomic mass is 32.1. The van der Waals surface area contributed by atoms with Gasteiger partial charge in [-0.25, -0.2) is 4.98 Å². The summed E-state index contributed by atoms with van der Waals surface area (Å²) in [5.41, 5.74) is 1.17. The largest absolute Gasteiger partial charge is 0.484 e. The van der Waals surface area contributed by atoms with Crippen LogP contribution in [0.15, 0.2) is 35.7 Å². The molecule has 1 amide bonds. The van der Waals surface area contributed by atoms with Crippen LogP contribution in [0.2, 0.25) is 0 Å². The number of piperazine rings is 1. The highest BCUT2D eigenvalue weighted by Crippen LogP contribution is 2.23. The van der Waals surface area contributed by atoms with Crippen molar-refractivity contribution in [2.24, 2.45) is 0 Å². The fraction of sp³-hybridized carbons (Fsp3) is 0.500. The van der Waals surface area contributed by atoms with E-state index in [-0.39, 0.29) is 12.5 Å². The molecule has 3 heterocycles. The van der Waals surface area contributed by atoms with E-state index in [2.05, 4.69) is 15.2 Å². The molecule has 0 spiro atoms. The zero-order chi connectivity index (χ0) is 18.5. The molecular weight excluding hydrogens is 360 g/mol. The second kappa shape index (κ2) is 8.71. The predicted molar refractivity (Wildman–Crippen MR) is 107 cm³/mol. The third kappa shape index (κ3) is 4.78. The van der Waals surface area contributed by atoms with Gasteiger partial charge in [-0.15, -0.1) is 11.3 Å². The normalized spacial score (nSPS) is 18.1. The minimum Gasteiger partial charge on any atom is -0.484 e. The number of thiazole rings is 1. The number of nitrogens with zero attached hydrogens (tertiary/aromatic N) is 4. The Morgan fingerprint density at radius 3 is 2.52 bits per heavy atom. The number of rotatable bonds is 6. The van der Waals surface area contributed by atoms with Gasteiger partial charge in [0.2, 0.25) is 0 Å². The Morgan fingerprint density at radius 2 is 1.78 bits per heavy atom. The molecule has 1 aromatic heterocycles. The van der Waals surface area contributed by atoms with Crippen LogP contribution >= 0.6 is 11.3 Å². The molecule has 7 heteroatoms. The summed E-state index contributed by atoms with van der Waals surface area (Å²) in [4.78, 5) is 23.8. The minimum absolute atomic E-state index is 0.0485. The Morgan fingerprint density at radius 1 is 1.04 bits per heavy atom. The number of amides is 1. The number of hydrogen-bond donors (Lipinski definition) is 0. The number of para-hydroxylation sites is 1. The molecule has 2 aromatic rings. The number of likely N-dealkylation sites (tertiary alicyclic amines) is 1. The summed E-state index contributed by atoms with van der Waals surface area (Å²) in [7, 11) is 0. The second-order valence-electron chi connectivity index (χ2n) is 7.07. The van der Waals surface area contributed by atoms with Crippen LogP contribution in [-0.4, -0.2) is 66.6 Å². The van der Waals surface area contributed by atoms with Gasteiger partial charge >= 0.3 is 0 Å². The number of ether oxygens (including phenoxy) is 1. The van der Waals surface area contributed by atoms with E-state index < -0.39 is 0 Å². The van der Waals surface area contributed by atoms with E-state index in [4.69, 9.17) is 9.72 Å².